The van der Waals surface area contributed by atoms with Crippen molar-refractivity contribution in [3.63, 3.8) is 0 Å². The molecule has 44 valence electrons. The summed E-state index contributed by atoms with van der Waals surface area (Å²) in [6.07, 6.45) is 5.71. The Balaban J connectivity index is 2.80. The van der Waals surface area contributed by atoms with Crippen molar-refractivity contribution >= 4 is 19.8 Å². The number of nitrogens with one attached hydrogen (secondary N) is 2. The lowest BCUT2D eigenvalue weighted by Crippen LogP contribution is -2.07. The highest BCUT2D eigenvalue weighted by Crippen LogP contribution is 1.88. The van der Waals surface area contributed by atoms with E-state index in [-0.39, 0.29) is 9.64 Å². The van der Waals surface area contributed by atoms with Gasteiger partial charge in [-0.05, 0) is 11.5 Å². The van der Waals surface area contributed by atoms with Crippen molar-refractivity contribution in [2.24, 2.45) is 0 Å². The van der Waals surface area contributed by atoms with Gasteiger partial charge in [-0.15, -0.1) is 0 Å². The standard InChI is InChI=1S/C4H6N2S2/c5-7-8-4-2-1-3-6-8/h1-6H. The molecule has 1 heterocycles. The van der Waals surface area contributed by atoms with E-state index in [2.05, 4.69) is 4.72 Å². The molecule has 8 heavy (non-hydrogen) atoms. The first kappa shape index (κ1) is 5.78. The number of hydrogen-bond acceptors (Lipinski definition) is 1. The van der Waals surface area contributed by atoms with Crippen molar-refractivity contribution < 1.29 is 0 Å². The van der Waals surface area contributed by atoms with E-state index in [4.69, 9.17) is 4.78 Å². The topological polar surface area (TPSA) is 35.9 Å². The first-order chi connectivity index (χ1) is 3.93. The molecule has 4 heteroatoms. The van der Waals surface area contributed by atoms with Crippen molar-refractivity contribution in [2.75, 3.05) is 0 Å². The van der Waals surface area contributed by atoms with Crippen LogP contribution < -0.4 is 4.72 Å². The van der Waals surface area contributed by atoms with E-state index in [1.165, 1.54) is 0 Å². The van der Waals surface area contributed by atoms with Gasteiger partial charge < -0.3 is 4.72 Å². The maximum atomic E-state index is 6.88. The zero-order chi connectivity index (χ0) is 5.82. The summed E-state index contributed by atoms with van der Waals surface area (Å²) in [5, 5.41) is 1.97. The lowest BCUT2D eigenvalue weighted by molar-refractivity contribution is 1.41. The van der Waals surface area contributed by atoms with Crippen LogP contribution in [0.4, 0.5) is 0 Å². The van der Waals surface area contributed by atoms with Crippen molar-refractivity contribution in [1.82, 2.24) is 4.72 Å². The van der Waals surface area contributed by atoms with E-state index < -0.39 is 0 Å². The molecule has 0 saturated heterocycles. The van der Waals surface area contributed by atoms with Gasteiger partial charge in [0.1, 0.15) is 0 Å². The van der Waals surface area contributed by atoms with E-state index >= 15 is 0 Å². The molecule has 0 aromatic rings. The number of rotatable bonds is 0. The summed E-state index contributed by atoms with van der Waals surface area (Å²) < 4.78 is 9.88. The molecular weight excluding hydrogens is 140 g/mol. The molecule has 1 aliphatic rings. The van der Waals surface area contributed by atoms with Gasteiger partial charge in [0.15, 0.2) is 0 Å². The molecule has 0 bridgehead atoms. The van der Waals surface area contributed by atoms with Crippen LogP contribution in [0.25, 0.3) is 0 Å². The monoisotopic (exact) mass is 146 g/mol. The Kier molecular flexibility index (Phi) is 2.05. The number of hydrogen-bond donors (Lipinski definition) is 2. The Morgan fingerprint density at radius 3 is 2.75 bits per heavy atom. The van der Waals surface area contributed by atoms with Gasteiger partial charge in [0.05, 0.1) is 0 Å². The fourth-order valence-corrected chi connectivity index (χ4v) is 1.67. The molecule has 2 nitrogen and oxygen atoms in total. The highest BCUT2D eigenvalue weighted by atomic mass is 32.8. The van der Waals surface area contributed by atoms with E-state index in [9.17, 15) is 0 Å². The second-order valence-electron chi connectivity index (χ2n) is 1.19. The lowest BCUT2D eigenvalue weighted by atomic mass is 10.6. The third kappa shape index (κ3) is 1.31. The van der Waals surface area contributed by atoms with Crippen LogP contribution in [0.5, 0.6) is 0 Å². The molecule has 0 fully saturated rings. The average Bonchev–Trinajstić information content (AvgIpc) is 1.90. The van der Waals surface area contributed by atoms with Crippen LogP contribution in [0.2, 0.25) is 0 Å². The molecule has 0 aromatic heterocycles. The van der Waals surface area contributed by atoms with Gasteiger partial charge in [-0.1, -0.05) is 6.08 Å². The van der Waals surface area contributed by atoms with Crippen LogP contribution in [0, 0.1) is 4.78 Å². The van der Waals surface area contributed by atoms with Crippen molar-refractivity contribution in [2.45, 2.75) is 0 Å². The van der Waals surface area contributed by atoms with Crippen LogP contribution in [-0.4, -0.2) is 0 Å². The summed E-state index contributed by atoms with van der Waals surface area (Å²) >= 11 is 0. The minimum absolute atomic E-state index is 0.0856. The molecule has 1 unspecified atom stereocenters. The molecule has 0 aromatic carbocycles. The Bertz CT molecular complexity index is 188. The first-order valence-electron chi connectivity index (χ1n) is 2.10. The SMILES string of the molecule is N=S=S1C=CC=CN1. The summed E-state index contributed by atoms with van der Waals surface area (Å²) in [6, 6.07) is 0. The molecule has 0 aliphatic carbocycles. The lowest BCUT2D eigenvalue weighted by Gasteiger charge is -1.99. The third-order valence-corrected chi connectivity index (χ3v) is 2.80. The molecule has 2 N–H and O–H groups in total. The van der Waals surface area contributed by atoms with Crippen molar-refractivity contribution in [3.05, 3.63) is 23.8 Å². The Labute approximate surface area is 53.5 Å². The molecule has 0 spiro atoms. The maximum Gasteiger partial charge on any atom is 0.00781 e. The summed E-state index contributed by atoms with van der Waals surface area (Å²) in [6.45, 7) is 0. The molecule has 0 amide bonds. The predicted molar refractivity (Wildman–Crippen MR) is 38.9 cm³/mol. The van der Waals surface area contributed by atoms with Gasteiger partial charge in [-0.2, -0.15) is 0 Å². The normalized spacial score (nSPS) is 24.8. The molecular formula is C4H6N2S2. The highest BCUT2D eigenvalue weighted by Gasteiger charge is 1.84. The smallest absolute Gasteiger partial charge is 0.00781 e. The van der Waals surface area contributed by atoms with Gasteiger partial charge >= 0.3 is 0 Å². The quantitative estimate of drug-likeness (QED) is 0.523. The molecule has 0 radical (unpaired) electrons. The van der Waals surface area contributed by atoms with E-state index in [0.717, 1.165) is 10.1 Å². The second kappa shape index (κ2) is 2.84. The van der Waals surface area contributed by atoms with Crippen molar-refractivity contribution in [1.29, 1.82) is 4.78 Å². The van der Waals surface area contributed by atoms with Crippen LogP contribution in [0.1, 0.15) is 0 Å². The van der Waals surface area contributed by atoms with Crippen LogP contribution in [0.3, 0.4) is 0 Å². The zero-order valence-electron chi connectivity index (χ0n) is 4.13. The minimum atomic E-state index is -0.0856. The zero-order valence-corrected chi connectivity index (χ0v) is 5.76. The van der Waals surface area contributed by atoms with E-state index in [0.29, 0.717) is 0 Å². The Morgan fingerprint density at radius 2 is 2.38 bits per heavy atom. The van der Waals surface area contributed by atoms with Crippen LogP contribution >= 0.6 is 0 Å². The van der Waals surface area contributed by atoms with Crippen LogP contribution in [-0.2, 0) is 19.8 Å². The number of allylic oxidation sites excluding steroid dienone is 2. The van der Waals surface area contributed by atoms with Gasteiger partial charge in [-0.25, -0.2) is 4.78 Å². The Morgan fingerprint density at radius 1 is 1.50 bits per heavy atom. The largest absolute Gasteiger partial charge is 0.330 e. The second-order valence-corrected chi connectivity index (χ2v) is 4.03. The van der Waals surface area contributed by atoms with Crippen LogP contribution in [0.15, 0.2) is 23.8 Å². The minimum Gasteiger partial charge on any atom is -0.330 e. The van der Waals surface area contributed by atoms with Crippen molar-refractivity contribution in [3.8, 4) is 0 Å². The maximum absolute atomic E-state index is 6.88. The summed E-state index contributed by atoms with van der Waals surface area (Å²) in [5.41, 5.74) is 0. The van der Waals surface area contributed by atoms with Gasteiger partial charge in [0.2, 0.25) is 0 Å². The predicted octanol–water partition coefficient (Wildman–Crippen LogP) is 0.910. The Hall–Kier alpha value is -0.350. The molecule has 1 aliphatic heterocycles. The molecule has 1 rings (SSSR count). The summed E-state index contributed by atoms with van der Waals surface area (Å²) in [7, 11) is 0.989. The first-order valence-corrected chi connectivity index (χ1v) is 4.72. The average molecular weight is 146 g/mol. The van der Waals surface area contributed by atoms with E-state index in [1.807, 2.05) is 23.8 Å². The highest BCUT2D eigenvalue weighted by molar-refractivity contribution is 8.32. The summed E-state index contributed by atoms with van der Waals surface area (Å²) in [4.78, 5) is 0. The van der Waals surface area contributed by atoms with Gasteiger partial charge in [-0.3, -0.25) is 0 Å². The molecule has 1 atom stereocenters. The van der Waals surface area contributed by atoms with Gasteiger partial charge in [0.25, 0.3) is 0 Å². The fourth-order valence-electron chi connectivity index (χ4n) is 0.370. The fraction of sp³-hybridized carbons (Fsp3) is 0. The van der Waals surface area contributed by atoms with Gasteiger partial charge in [0, 0.05) is 26.0 Å². The summed E-state index contributed by atoms with van der Waals surface area (Å²) in [5.74, 6) is 0. The van der Waals surface area contributed by atoms with E-state index in [1.54, 1.807) is 0 Å². The third-order valence-electron chi connectivity index (χ3n) is 0.683. The molecule has 0 saturated carbocycles.